The maximum atomic E-state index is 12.0. The van der Waals surface area contributed by atoms with Crippen LogP contribution in [0.3, 0.4) is 0 Å². The predicted octanol–water partition coefficient (Wildman–Crippen LogP) is 2.45. The Morgan fingerprint density at radius 2 is 2.19 bits per heavy atom. The summed E-state index contributed by atoms with van der Waals surface area (Å²) < 4.78 is 22.6. The molecule has 4 heteroatoms. The van der Waals surface area contributed by atoms with Crippen LogP contribution in [0, 0.1) is 0 Å². The average Bonchev–Trinajstić information content (AvgIpc) is 2.29. The fraction of sp³-hybridized carbons (Fsp3) is 0.500. The fourth-order valence-electron chi connectivity index (χ4n) is 1.38. The number of halogens is 1. The summed E-state index contributed by atoms with van der Waals surface area (Å²) >= 11 is 0. The molecule has 0 heterocycles. The Hall–Kier alpha value is -1.29. The molecule has 0 aromatic heterocycles. The van der Waals surface area contributed by atoms with Gasteiger partial charge in [0.1, 0.15) is 11.5 Å². The highest BCUT2D eigenvalue weighted by Gasteiger charge is 2.09. The highest BCUT2D eigenvalue weighted by Crippen LogP contribution is 2.28. The van der Waals surface area contributed by atoms with Crippen LogP contribution in [0.2, 0.25) is 0 Å². The van der Waals surface area contributed by atoms with Gasteiger partial charge in [0.2, 0.25) is 0 Å². The van der Waals surface area contributed by atoms with E-state index in [2.05, 4.69) is 0 Å². The second kappa shape index (κ2) is 6.33. The van der Waals surface area contributed by atoms with Crippen LogP contribution < -0.4 is 15.2 Å². The van der Waals surface area contributed by atoms with Crippen molar-refractivity contribution in [3.8, 4) is 11.5 Å². The summed E-state index contributed by atoms with van der Waals surface area (Å²) in [6.07, 6.45) is 0.385. The Bertz CT molecular complexity index is 329. The molecule has 0 fully saturated rings. The van der Waals surface area contributed by atoms with Crippen LogP contribution in [-0.4, -0.2) is 20.4 Å². The first-order chi connectivity index (χ1) is 7.69. The lowest BCUT2D eigenvalue weighted by Gasteiger charge is -2.14. The van der Waals surface area contributed by atoms with Crippen LogP contribution in [0.25, 0.3) is 0 Å². The van der Waals surface area contributed by atoms with Crippen LogP contribution in [0.1, 0.15) is 24.9 Å². The summed E-state index contributed by atoms with van der Waals surface area (Å²) in [6, 6.07) is 5.36. The van der Waals surface area contributed by atoms with Gasteiger partial charge in [-0.1, -0.05) is 6.07 Å². The molecule has 1 aromatic rings. The highest BCUT2D eigenvalue weighted by atomic mass is 19.1. The van der Waals surface area contributed by atoms with E-state index in [0.29, 0.717) is 24.5 Å². The second-order valence-corrected chi connectivity index (χ2v) is 3.58. The predicted molar refractivity (Wildman–Crippen MR) is 61.7 cm³/mol. The van der Waals surface area contributed by atoms with Gasteiger partial charge < -0.3 is 15.2 Å². The Balaban J connectivity index is 2.83. The van der Waals surface area contributed by atoms with Crippen LogP contribution >= 0.6 is 0 Å². The average molecular weight is 227 g/mol. The number of hydrogen-bond donors (Lipinski definition) is 1. The Kier molecular flexibility index (Phi) is 5.05. The van der Waals surface area contributed by atoms with Gasteiger partial charge in [-0.05, 0) is 13.0 Å². The lowest BCUT2D eigenvalue weighted by Crippen LogP contribution is -2.09. The smallest absolute Gasteiger partial charge is 0.127 e. The Morgan fingerprint density at radius 1 is 1.44 bits per heavy atom. The van der Waals surface area contributed by atoms with Crippen LogP contribution in [-0.2, 0) is 0 Å². The zero-order chi connectivity index (χ0) is 12.0. The minimum Gasteiger partial charge on any atom is -0.497 e. The summed E-state index contributed by atoms with van der Waals surface area (Å²) in [7, 11) is 1.59. The van der Waals surface area contributed by atoms with Crippen molar-refractivity contribution in [2.45, 2.75) is 19.4 Å². The van der Waals surface area contributed by atoms with Gasteiger partial charge in [0.05, 0.1) is 20.4 Å². The monoisotopic (exact) mass is 227 g/mol. The zero-order valence-corrected chi connectivity index (χ0v) is 9.70. The quantitative estimate of drug-likeness (QED) is 0.759. The van der Waals surface area contributed by atoms with Crippen molar-refractivity contribution >= 4 is 0 Å². The van der Waals surface area contributed by atoms with E-state index >= 15 is 0 Å². The van der Waals surface area contributed by atoms with Crippen molar-refractivity contribution in [2.24, 2.45) is 5.73 Å². The van der Waals surface area contributed by atoms with Gasteiger partial charge in [-0.3, -0.25) is 4.39 Å². The first kappa shape index (κ1) is 12.8. The first-order valence-electron chi connectivity index (χ1n) is 5.31. The number of methoxy groups -OCH3 is 1. The molecule has 0 saturated heterocycles. The summed E-state index contributed by atoms with van der Waals surface area (Å²) in [4.78, 5) is 0. The van der Waals surface area contributed by atoms with E-state index in [9.17, 15) is 4.39 Å². The van der Waals surface area contributed by atoms with Crippen molar-refractivity contribution in [3.63, 3.8) is 0 Å². The number of benzene rings is 1. The van der Waals surface area contributed by atoms with Crippen LogP contribution in [0.5, 0.6) is 11.5 Å². The minimum absolute atomic E-state index is 0.119. The molecule has 1 atom stereocenters. The number of alkyl halides is 1. The fourth-order valence-corrected chi connectivity index (χ4v) is 1.38. The van der Waals surface area contributed by atoms with Crippen molar-refractivity contribution in [1.82, 2.24) is 0 Å². The van der Waals surface area contributed by atoms with E-state index in [1.807, 2.05) is 19.1 Å². The first-order valence-corrected chi connectivity index (χ1v) is 5.31. The Morgan fingerprint density at radius 3 is 2.75 bits per heavy atom. The lowest BCUT2D eigenvalue weighted by atomic mass is 10.1. The number of rotatable bonds is 6. The molecule has 0 aliphatic rings. The Labute approximate surface area is 95.4 Å². The summed E-state index contributed by atoms with van der Waals surface area (Å²) in [5, 5.41) is 0. The molecular formula is C12H18FNO2. The molecule has 0 spiro atoms. The molecule has 0 radical (unpaired) electrons. The highest BCUT2D eigenvalue weighted by molar-refractivity contribution is 5.42. The summed E-state index contributed by atoms with van der Waals surface area (Å²) in [6.45, 7) is 1.85. The third kappa shape index (κ3) is 3.38. The van der Waals surface area contributed by atoms with E-state index in [0.717, 1.165) is 5.56 Å². The molecule has 0 bridgehead atoms. The topological polar surface area (TPSA) is 44.5 Å². The van der Waals surface area contributed by atoms with Crippen molar-refractivity contribution in [2.75, 3.05) is 20.4 Å². The number of hydrogen-bond acceptors (Lipinski definition) is 3. The van der Waals surface area contributed by atoms with Crippen LogP contribution in [0.15, 0.2) is 18.2 Å². The maximum Gasteiger partial charge on any atom is 0.127 e. The van der Waals surface area contributed by atoms with E-state index in [1.54, 1.807) is 13.2 Å². The minimum atomic E-state index is -0.377. The molecule has 1 aromatic carbocycles. The third-order valence-electron chi connectivity index (χ3n) is 2.25. The van der Waals surface area contributed by atoms with E-state index in [4.69, 9.17) is 15.2 Å². The molecule has 0 amide bonds. The van der Waals surface area contributed by atoms with Gasteiger partial charge in [-0.2, -0.15) is 0 Å². The number of ether oxygens (including phenoxy) is 2. The maximum absolute atomic E-state index is 12.0. The standard InChI is InChI=1S/C12H18FNO2/c1-9(14)11-5-4-10(15-2)8-12(11)16-7-3-6-13/h4-5,8-9H,3,6-7,14H2,1-2H3/t9-/m0/s1. The molecule has 0 aliphatic carbocycles. The van der Waals surface area contributed by atoms with Crippen molar-refractivity contribution in [1.29, 1.82) is 0 Å². The normalized spacial score (nSPS) is 12.2. The van der Waals surface area contributed by atoms with Gasteiger partial charge in [0.25, 0.3) is 0 Å². The van der Waals surface area contributed by atoms with E-state index < -0.39 is 0 Å². The largest absolute Gasteiger partial charge is 0.497 e. The molecule has 90 valence electrons. The van der Waals surface area contributed by atoms with Crippen molar-refractivity contribution < 1.29 is 13.9 Å². The molecule has 16 heavy (non-hydrogen) atoms. The van der Waals surface area contributed by atoms with Gasteiger partial charge in [0, 0.05) is 24.1 Å². The van der Waals surface area contributed by atoms with Gasteiger partial charge in [-0.25, -0.2) is 0 Å². The molecule has 3 nitrogen and oxygen atoms in total. The molecule has 2 N–H and O–H groups in total. The molecular weight excluding hydrogens is 209 g/mol. The summed E-state index contributed by atoms with van der Waals surface area (Å²) in [5.74, 6) is 1.38. The summed E-state index contributed by atoms with van der Waals surface area (Å²) in [5.41, 5.74) is 6.72. The molecule has 0 saturated carbocycles. The molecule has 0 aliphatic heterocycles. The zero-order valence-electron chi connectivity index (χ0n) is 9.70. The van der Waals surface area contributed by atoms with Crippen molar-refractivity contribution in [3.05, 3.63) is 23.8 Å². The number of nitrogens with two attached hydrogens (primary N) is 1. The van der Waals surface area contributed by atoms with E-state index in [-0.39, 0.29) is 12.7 Å². The van der Waals surface area contributed by atoms with Gasteiger partial charge in [0.15, 0.2) is 0 Å². The SMILES string of the molecule is COc1ccc([C@H](C)N)c(OCCCF)c1. The lowest BCUT2D eigenvalue weighted by molar-refractivity contribution is 0.284. The van der Waals surface area contributed by atoms with Crippen LogP contribution in [0.4, 0.5) is 4.39 Å². The van der Waals surface area contributed by atoms with E-state index in [1.165, 1.54) is 0 Å². The molecule has 0 unspecified atom stereocenters. The second-order valence-electron chi connectivity index (χ2n) is 3.58. The molecule has 1 rings (SSSR count). The third-order valence-corrected chi connectivity index (χ3v) is 2.25. The van der Waals surface area contributed by atoms with Gasteiger partial charge in [-0.15, -0.1) is 0 Å². The van der Waals surface area contributed by atoms with Gasteiger partial charge >= 0.3 is 0 Å².